The number of carbonyl (C=O) groups excluding carboxylic acids is 1. The van der Waals surface area contributed by atoms with E-state index in [2.05, 4.69) is 6.58 Å². The standard InChI is InChI=1S/C17H22O5/c1-11(2)17(18)22-8-7-12(3)16-14(20-5)9-13(19-4)10-15(16)21-6/h7,9-10H,1,8H2,2-6H3/b12-7+. The minimum atomic E-state index is -0.419. The minimum absolute atomic E-state index is 0.149. The van der Waals surface area contributed by atoms with Crippen molar-refractivity contribution in [2.75, 3.05) is 27.9 Å². The SMILES string of the molecule is C=C(C)C(=O)OC/C=C(\C)c1c(OC)cc(OC)cc1OC. The van der Waals surface area contributed by atoms with Crippen LogP contribution >= 0.6 is 0 Å². The predicted octanol–water partition coefficient (Wildman–Crippen LogP) is 3.24. The van der Waals surface area contributed by atoms with Gasteiger partial charge in [0.2, 0.25) is 0 Å². The average Bonchev–Trinajstić information content (AvgIpc) is 2.52. The maximum atomic E-state index is 11.4. The number of esters is 1. The van der Waals surface area contributed by atoms with Gasteiger partial charge in [-0.1, -0.05) is 6.58 Å². The lowest BCUT2D eigenvalue weighted by atomic mass is 10.0. The molecule has 0 aliphatic rings. The fourth-order valence-electron chi connectivity index (χ4n) is 1.86. The van der Waals surface area contributed by atoms with Crippen molar-refractivity contribution in [2.45, 2.75) is 13.8 Å². The molecule has 0 radical (unpaired) electrons. The van der Waals surface area contributed by atoms with Crippen molar-refractivity contribution >= 4 is 11.5 Å². The third kappa shape index (κ3) is 4.28. The first-order chi connectivity index (χ1) is 10.4. The molecule has 1 rings (SSSR count). The van der Waals surface area contributed by atoms with Crippen molar-refractivity contribution in [3.8, 4) is 17.2 Å². The summed E-state index contributed by atoms with van der Waals surface area (Å²) in [6, 6.07) is 3.55. The van der Waals surface area contributed by atoms with Crippen LogP contribution in [0.25, 0.3) is 5.57 Å². The second kappa shape index (κ2) is 8.12. The number of methoxy groups -OCH3 is 3. The Bertz CT molecular complexity index is 562. The van der Waals surface area contributed by atoms with Crippen molar-refractivity contribution in [3.05, 3.63) is 35.9 Å². The smallest absolute Gasteiger partial charge is 0.333 e. The van der Waals surface area contributed by atoms with E-state index in [-0.39, 0.29) is 6.61 Å². The first-order valence-corrected chi connectivity index (χ1v) is 6.74. The molecule has 0 unspecified atom stereocenters. The molecule has 0 fully saturated rings. The molecular weight excluding hydrogens is 284 g/mol. The second-order valence-corrected chi connectivity index (χ2v) is 4.67. The highest BCUT2D eigenvalue weighted by Crippen LogP contribution is 2.38. The molecule has 5 nitrogen and oxygen atoms in total. The summed E-state index contributed by atoms with van der Waals surface area (Å²) in [6.45, 7) is 7.18. The molecule has 1 aromatic carbocycles. The van der Waals surface area contributed by atoms with Gasteiger partial charge in [0.15, 0.2) is 0 Å². The molecule has 0 saturated heterocycles. The summed E-state index contributed by atoms with van der Waals surface area (Å²) in [5, 5.41) is 0. The summed E-state index contributed by atoms with van der Waals surface area (Å²) in [6.07, 6.45) is 1.79. The Hall–Kier alpha value is -2.43. The Kier molecular flexibility index (Phi) is 6.50. The Morgan fingerprint density at radius 2 is 1.64 bits per heavy atom. The van der Waals surface area contributed by atoms with Gasteiger partial charge in [0, 0.05) is 17.7 Å². The van der Waals surface area contributed by atoms with Gasteiger partial charge < -0.3 is 18.9 Å². The fourth-order valence-corrected chi connectivity index (χ4v) is 1.86. The van der Waals surface area contributed by atoms with Crippen molar-refractivity contribution in [3.63, 3.8) is 0 Å². The van der Waals surface area contributed by atoms with Crippen LogP contribution in [0.5, 0.6) is 17.2 Å². The third-order valence-electron chi connectivity index (χ3n) is 3.06. The number of hydrogen-bond acceptors (Lipinski definition) is 5. The Morgan fingerprint density at radius 3 is 2.05 bits per heavy atom. The molecule has 0 atom stereocenters. The van der Waals surface area contributed by atoms with E-state index in [0.29, 0.717) is 22.8 Å². The van der Waals surface area contributed by atoms with Crippen molar-refractivity contribution < 1.29 is 23.7 Å². The molecule has 0 aliphatic heterocycles. The number of hydrogen-bond donors (Lipinski definition) is 0. The van der Waals surface area contributed by atoms with Crippen LogP contribution in [0.1, 0.15) is 19.4 Å². The lowest BCUT2D eigenvalue weighted by Crippen LogP contribution is -2.05. The van der Waals surface area contributed by atoms with Crippen molar-refractivity contribution in [1.29, 1.82) is 0 Å². The van der Waals surface area contributed by atoms with Gasteiger partial charge in [-0.25, -0.2) is 4.79 Å². The van der Waals surface area contributed by atoms with E-state index < -0.39 is 5.97 Å². The molecule has 22 heavy (non-hydrogen) atoms. The first-order valence-electron chi connectivity index (χ1n) is 6.74. The molecular formula is C17H22O5. The summed E-state index contributed by atoms with van der Waals surface area (Å²) in [4.78, 5) is 11.4. The third-order valence-corrected chi connectivity index (χ3v) is 3.06. The zero-order valence-corrected chi connectivity index (χ0v) is 13.7. The molecule has 0 saturated carbocycles. The lowest BCUT2D eigenvalue weighted by molar-refractivity contribution is -0.137. The van der Waals surface area contributed by atoms with Crippen LogP contribution in [-0.4, -0.2) is 33.9 Å². The van der Waals surface area contributed by atoms with Crippen LogP contribution in [0.3, 0.4) is 0 Å². The van der Waals surface area contributed by atoms with E-state index in [1.807, 2.05) is 6.92 Å². The van der Waals surface area contributed by atoms with Crippen LogP contribution in [0.15, 0.2) is 30.4 Å². The molecule has 1 aromatic rings. The highest BCUT2D eigenvalue weighted by atomic mass is 16.5. The molecule has 120 valence electrons. The monoisotopic (exact) mass is 306 g/mol. The Labute approximate surface area is 131 Å². The number of carbonyl (C=O) groups is 1. The van der Waals surface area contributed by atoms with E-state index in [1.165, 1.54) is 0 Å². The highest BCUT2D eigenvalue weighted by Gasteiger charge is 2.14. The Balaban J connectivity index is 3.07. The predicted molar refractivity (Wildman–Crippen MR) is 85.5 cm³/mol. The van der Waals surface area contributed by atoms with Crippen LogP contribution in [0.2, 0.25) is 0 Å². The maximum absolute atomic E-state index is 11.4. The van der Waals surface area contributed by atoms with Crippen LogP contribution in [-0.2, 0) is 9.53 Å². The Morgan fingerprint density at radius 1 is 1.09 bits per heavy atom. The van der Waals surface area contributed by atoms with E-state index in [4.69, 9.17) is 18.9 Å². The van der Waals surface area contributed by atoms with E-state index >= 15 is 0 Å². The summed E-state index contributed by atoms with van der Waals surface area (Å²) >= 11 is 0. The van der Waals surface area contributed by atoms with E-state index in [1.54, 1.807) is 46.5 Å². The lowest BCUT2D eigenvalue weighted by Gasteiger charge is -2.15. The molecule has 0 aromatic heterocycles. The molecule has 5 heteroatoms. The fraction of sp³-hybridized carbons (Fsp3) is 0.353. The van der Waals surface area contributed by atoms with Gasteiger partial charge in [-0.05, 0) is 25.5 Å². The van der Waals surface area contributed by atoms with Gasteiger partial charge >= 0.3 is 5.97 Å². The topological polar surface area (TPSA) is 54.0 Å². The summed E-state index contributed by atoms with van der Waals surface area (Å²) < 4.78 is 21.1. The molecule has 0 bridgehead atoms. The van der Waals surface area contributed by atoms with Gasteiger partial charge in [-0.2, -0.15) is 0 Å². The van der Waals surface area contributed by atoms with E-state index in [9.17, 15) is 4.79 Å². The molecule has 0 heterocycles. The van der Waals surface area contributed by atoms with Gasteiger partial charge in [0.1, 0.15) is 23.9 Å². The van der Waals surface area contributed by atoms with Crippen molar-refractivity contribution in [2.24, 2.45) is 0 Å². The first kappa shape index (κ1) is 17.6. The number of benzene rings is 1. The molecule has 0 spiro atoms. The van der Waals surface area contributed by atoms with Crippen molar-refractivity contribution in [1.82, 2.24) is 0 Å². The van der Waals surface area contributed by atoms with Crippen LogP contribution in [0, 0.1) is 0 Å². The zero-order valence-electron chi connectivity index (χ0n) is 13.7. The van der Waals surface area contributed by atoms with Gasteiger partial charge in [-0.3, -0.25) is 0 Å². The van der Waals surface area contributed by atoms with Gasteiger partial charge in [-0.15, -0.1) is 0 Å². The minimum Gasteiger partial charge on any atom is -0.496 e. The average molecular weight is 306 g/mol. The quantitative estimate of drug-likeness (QED) is 0.572. The number of ether oxygens (including phenoxy) is 4. The maximum Gasteiger partial charge on any atom is 0.333 e. The summed E-state index contributed by atoms with van der Waals surface area (Å²) in [5.74, 6) is 1.46. The number of rotatable bonds is 7. The second-order valence-electron chi connectivity index (χ2n) is 4.67. The summed E-state index contributed by atoms with van der Waals surface area (Å²) in [5.41, 5.74) is 2.02. The van der Waals surface area contributed by atoms with Gasteiger partial charge in [0.05, 0.1) is 26.9 Å². The largest absolute Gasteiger partial charge is 0.496 e. The normalized spacial score (nSPS) is 10.9. The summed E-state index contributed by atoms with van der Waals surface area (Å²) in [7, 11) is 4.73. The molecule has 0 aliphatic carbocycles. The van der Waals surface area contributed by atoms with Crippen LogP contribution < -0.4 is 14.2 Å². The number of allylic oxidation sites excluding steroid dienone is 1. The van der Waals surface area contributed by atoms with E-state index in [0.717, 1.165) is 11.1 Å². The zero-order chi connectivity index (χ0) is 16.7. The molecule has 0 N–H and O–H groups in total. The van der Waals surface area contributed by atoms with Gasteiger partial charge in [0.25, 0.3) is 0 Å². The molecule has 0 amide bonds. The van der Waals surface area contributed by atoms with Crippen LogP contribution in [0.4, 0.5) is 0 Å². The highest BCUT2D eigenvalue weighted by molar-refractivity contribution is 5.87.